The number of hydrogen-bond donors (Lipinski definition) is 1. The van der Waals surface area contributed by atoms with Crippen molar-refractivity contribution in [1.82, 2.24) is 15.2 Å². The maximum absolute atomic E-state index is 11.9. The number of nitrogens with zero attached hydrogens (tertiary/aromatic N) is 2. The molecule has 1 N–H and O–H groups in total. The van der Waals surface area contributed by atoms with E-state index in [1.54, 1.807) is 25.6 Å². The molecule has 2 aliphatic rings. The molecule has 1 aromatic carbocycles. The highest BCUT2D eigenvalue weighted by Crippen LogP contribution is 2.37. The Bertz CT molecular complexity index is 1230. The Labute approximate surface area is 189 Å². The molecular formula is C24H23N3O4S. The number of fused-ring (bicyclic) bond motifs is 1. The topological polar surface area (TPSA) is 84.7 Å². The molecule has 0 unspecified atom stereocenters. The first-order valence-electron chi connectivity index (χ1n) is 10.6. The quantitative estimate of drug-likeness (QED) is 0.559. The van der Waals surface area contributed by atoms with Gasteiger partial charge < -0.3 is 9.15 Å². The van der Waals surface area contributed by atoms with E-state index in [1.807, 2.05) is 12.1 Å². The molecule has 2 aliphatic heterocycles. The van der Waals surface area contributed by atoms with Gasteiger partial charge in [-0.15, -0.1) is 0 Å². The lowest BCUT2D eigenvalue weighted by molar-refractivity contribution is -0.115. The third kappa shape index (κ3) is 4.16. The number of rotatable bonds is 5. The largest absolute Gasteiger partial charge is 0.496 e. The highest BCUT2D eigenvalue weighted by atomic mass is 32.2. The summed E-state index contributed by atoms with van der Waals surface area (Å²) in [5, 5.41) is 2.69. The van der Waals surface area contributed by atoms with E-state index in [-0.39, 0.29) is 5.24 Å². The number of amides is 2. The molecule has 0 saturated carbocycles. The normalized spacial score (nSPS) is 18.5. The summed E-state index contributed by atoms with van der Waals surface area (Å²) in [4.78, 5) is 30.5. The van der Waals surface area contributed by atoms with Crippen LogP contribution in [0, 0.1) is 0 Å². The minimum absolute atomic E-state index is 0.310. The fourth-order valence-electron chi connectivity index (χ4n) is 4.24. The molecule has 7 nitrogen and oxygen atoms in total. The second kappa shape index (κ2) is 8.80. The molecule has 0 bridgehead atoms. The Kier molecular flexibility index (Phi) is 5.71. The number of hydrogen-bond acceptors (Lipinski definition) is 7. The van der Waals surface area contributed by atoms with E-state index < -0.39 is 5.91 Å². The molecule has 0 atom stereocenters. The summed E-state index contributed by atoms with van der Waals surface area (Å²) in [6.07, 6.45) is 8.88. The zero-order chi connectivity index (χ0) is 22.1. The number of carbonyl (C=O) groups excluding carboxylic acids is 2. The number of furan rings is 1. The van der Waals surface area contributed by atoms with Crippen LogP contribution in [-0.4, -0.2) is 41.2 Å². The van der Waals surface area contributed by atoms with Crippen molar-refractivity contribution >= 4 is 40.0 Å². The van der Waals surface area contributed by atoms with Gasteiger partial charge in [-0.3, -0.25) is 24.8 Å². The van der Waals surface area contributed by atoms with Crippen LogP contribution >= 0.6 is 11.8 Å². The van der Waals surface area contributed by atoms with E-state index >= 15 is 0 Å². The maximum atomic E-state index is 11.9. The van der Waals surface area contributed by atoms with Crippen LogP contribution in [-0.2, 0) is 11.3 Å². The molecule has 32 heavy (non-hydrogen) atoms. The van der Waals surface area contributed by atoms with Crippen LogP contribution in [0.4, 0.5) is 4.79 Å². The summed E-state index contributed by atoms with van der Waals surface area (Å²) in [6, 6.07) is 8.06. The van der Waals surface area contributed by atoms with Crippen LogP contribution in [0.2, 0.25) is 0 Å². The number of nitrogens with one attached hydrogen (secondary N) is 1. The van der Waals surface area contributed by atoms with E-state index in [9.17, 15) is 9.59 Å². The highest BCUT2D eigenvalue weighted by molar-refractivity contribution is 8.18. The third-order valence-electron chi connectivity index (χ3n) is 5.77. The predicted octanol–water partition coefficient (Wildman–Crippen LogP) is 4.81. The molecular weight excluding hydrogens is 426 g/mol. The molecule has 2 amide bonds. The molecule has 0 radical (unpaired) electrons. The monoisotopic (exact) mass is 449 g/mol. The Morgan fingerprint density at radius 1 is 1.16 bits per heavy atom. The van der Waals surface area contributed by atoms with Gasteiger partial charge in [0, 0.05) is 41.5 Å². The van der Waals surface area contributed by atoms with Crippen molar-refractivity contribution in [2.75, 3.05) is 20.2 Å². The number of likely N-dealkylation sites (tertiary alicyclic amines) is 1. The van der Waals surface area contributed by atoms with Gasteiger partial charge in [-0.2, -0.15) is 0 Å². The number of imide groups is 1. The molecule has 8 heteroatoms. The number of pyridine rings is 1. The minimum atomic E-state index is -0.411. The van der Waals surface area contributed by atoms with Crippen molar-refractivity contribution in [2.45, 2.75) is 25.8 Å². The molecule has 164 valence electrons. The standard InChI is InChI=1S/C24H23N3O4S/c1-30-20-6-5-15(14-27-7-3-2-4-8-27)9-18(20)19-13-25-12-16-10-17(31-22(16)19)11-21-23(28)26-24(29)32-21/h5-6,9-13H,2-4,7-8,14H2,1H3,(H,26,28,29)/b21-11-. The van der Waals surface area contributed by atoms with Gasteiger partial charge in [0.15, 0.2) is 0 Å². The first-order chi connectivity index (χ1) is 15.6. The first-order valence-corrected chi connectivity index (χ1v) is 11.4. The molecule has 0 spiro atoms. The number of thioether (sulfide) groups is 1. The molecule has 0 aliphatic carbocycles. The van der Waals surface area contributed by atoms with Gasteiger partial charge in [0.2, 0.25) is 0 Å². The molecule has 4 heterocycles. The van der Waals surface area contributed by atoms with Gasteiger partial charge in [0.05, 0.1) is 12.0 Å². The third-order valence-corrected chi connectivity index (χ3v) is 6.58. The lowest BCUT2D eigenvalue weighted by Gasteiger charge is -2.26. The molecule has 2 saturated heterocycles. The smallest absolute Gasteiger partial charge is 0.290 e. The van der Waals surface area contributed by atoms with Crippen molar-refractivity contribution in [3.63, 3.8) is 0 Å². The van der Waals surface area contributed by atoms with Gasteiger partial charge in [-0.05, 0) is 61.5 Å². The van der Waals surface area contributed by atoms with Crippen molar-refractivity contribution < 1.29 is 18.7 Å². The van der Waals surface area contributed by atoms with E-state index in [0.29, 0.717) is 16.2 Å². The van der Waals surface area contributed by atoms with E-state index in [2.05, 4.69) is 27.3 Å². The van der Waals surface area contributed by atoms with Crippen LogP contribution in [0.3, 0.4) is 0 Å². The van der Waals surface area contributed by atoms with E-state index in [1.165, 1.54) is 24.8 Å². The summed E-state index contributed by atoms with van der Waals surface area (Å²) in [5.41, 5.74) is 3.61. The molecule has 5 rings (SSSR count). The van der Waals surface area contributed by atoms with Gasteiger partial charge in [0.1, 0.15) is 17.1 Å². The van der Waals surface area contributed by atoms with Crippen LogP contribution in [0.5, 0.6) is 5.75 Å². The van der Waals surface area contributed by atoms with Gasteiger partial charge >= 0.3 is 0 Å². The fraction of sp³-hybridized carbons (Fsp3) is 0.292. The predicted molar refractivity (Wildman–Crippen MR) is 124 cm³/mol. The van der Waals surface area contributed by atoms with Crippen molar-refractivity contribution in [3.8, 4) is 16.9 Å². The second-order valence-electron chi connectivity index (χ2n) is 7.98. The number of methoxy groups -OCH3 is 1. The number of aromatic nitrogens is 1. The van der Waals surface area contributed by atoms with Crippen LogP contribution in [0.25, 0.3) is 28.2 Å². The van der Waals surface area contributed by atoms with Gasteiger partial charge in [-0.25, -0.2) is 0 Å². The highest BCUT2D eigenvalue weighted by Gasteiger charge is 2.26. The zero-order valence-corrected chi connectivity index (χ0v) is 18.5. The number of piperidine rings is 1. The van der Waals surface area contributed by atoms with Crippen LogP contribution in [0.1, 0.15) is 30.6 Å². The Balaban J connectivity index is 1.53. The SMILES string of the molecule is COc1ccc(CN2CCCCC2)cc1-c1cncc2cc(/C=C3\SC(=O)NC3=O)oc12. The van der Waals surface area contributed by atoms with Crippen molar-refractivity contribution in [3.05, 3.63) is 52.9 Å². The maximum Gasteiger partial charge on any atom is 0.290 e. The minimum Gasteiger partial charge on any atom is -0.496 e. The number of benzene rings is 1. The lowest BCUT2D eigenvalue weighted by Crippen LogP contribution is -2.29. The van der Waals surface area contributed by atoms with Crippen molar-refractivity contribution in [2.24, 2.45) is 0 Å². The second-order valence-corrected chi connectivity index (χ2v) is 8.99. The number of carbonyl (C=O) groups is 2. The molecule has 3 aromatic rings. The average Bonchev–Trinajstić information content (AvgIpc) is 3.35. The zero-order valence-electron chi connectivity index (χ0n) is 17.7. The van der Waals surface area contributed by atoms with E-state index in [0.717, 1.165) is 53.7 Å². The molecule has 2 fully saturated rings. The summed E-state index contributed by atoms with van der Waals surface area (Å²) in [6.45, 7) is 3.15. The fourth-order valence-corrected chi connectivity index (χ4v) is 4.90. The van der Waals surface area contributed by atoms with Crippen LogP contribution < -0.4 is 10.1 Å². The lowest BCUT2D eigenvalue weighted by atomic mass is 10.0. The summed E-state index contributed by atoms with van der Waals surface area (Å²) in [7, 11) is 1.65. The van der Waals surface area contributed by atoms with Crippen LogP contribution in [0.15, 0.2) is 46.0 Å². The summed E-state index contributed by atoms with van der Waals surface area (Å²) < 4.78 is 11.7. The first kappa shape index (κ1) is 20.8. The van der Waals surface area contributed by atoms with Gasteiger partial charge in [-0.1, -0.05) is 12.5 Å². The average molecular weight is 450 g/mol. The Morgan fingerprint density at radius 2 is 2.00 bits per heavy atom. The summed E-state index contributed by atoms with van der Waals surface area (Å²) in [5.74, 6) is 0.824. The summed E-state index contributed by atoms with van der Waals surface area (Å²) >= 11 is 0.865. The van der Waals surface area contributed by atoms with E-state index in [4.69, 9.17) is 9.15 Å². The Morgan fingerprint density at radius 3 is 2.75 bits per heavy atom. The van der Waals surface area contributed by atoms with Crippen molar-refractivity contribution in [1.29, 1.82) is 0 Å². The Hall–Kier alpha value is -3.10. The number of ether oxygens (including phenoxy) is 1. The van der Waals surface area contributed by atoms with Gasteiger partial charge in [0.25, 0.3) is 11.1 Å². The molecule has 2 aromatic heterocycles.